The van der Waals surface area contributed by atoms with E-state index in [1.807, 2.05) is 0 Å². The number of aromatic nitrogens is 2. The van der Waals surface area contributed by atoms with Crippen molar-refractivity contribution in [3.8, 4) is 0 Å². The number of nitrogens with zero attached hydrogens (tertiary/aromatic N) is 2. The molecule has 12 heteroatoms. The molecule has 4 aromatic rings. The van der Waals surface area contributed by atoms with E-state index in [4.69, 9.17) is 0 Å². The molecule has 0 aliphatic rings. The molecular formula is C21H18N4O5S3. The van der Waals surface area contributed by atoms with Crippen LogP contribution < -0.4 is 10.0 Å². The summed E-state index contributed by atoms with van der Waals surface area (Å²) in [6, 6.07) is 7.81. The van der Waals surface area contributed by atoms with E-state index >= 15 is 0 Å². The molecule has 3 N–H and O–H groups in total. The minimum Gasteiger partial charge on any atom is -0.478 e. The fourth-order valence-electron chi connectivity index (χ4n) is 3.61. The van der Waals surface area contributed by atoms with Crippen LogP contribution in [-0.4, -0.2) is 34.1 Å². The summed E-state index contributed by atoms with van der Waals surface area (Å²) in [6.45, 7) is 5.04. The van der Waals surface area contributed by atoms with Gasteiger partial charge in [-0.2, -0.15) is 8.75 Å². The second kappa shape index (κ2) is 8.54. The van der Waals surface area contributed by atoms with Crippen molar-refractivity contribution in [2.75, 3.05) is 10.0 Å². The molecular weight excluding hydrogens is 484 g/mol. The predicted molar refractivity (Wildman–Crippen MR) is 128 cm³/mol. The van der Waals surface area contributed by atoms with Gasteiger partial charge in [-0.1, -0.05) is 6.07 Å². The molecule has 0 radical (unpaired) electrons. The maximum absolute atomic E-state index is 13.0. The van der Waals surface area contributed by atoms with Crippen LogP contribution in [-0.2, 0) is 10.0 Å². The predicted octanol–water partition coefficient (Wildman–Crippen LogP) is 4.43. The first kappa shape index (κ1) is 22.8. The summed E-state index contributed by atoms with van der Waals surface area (Å²) >= 11 is 2.00. The molecule has 0 saturated carbocycles. The molecule has 4 rings (SSSR count). The molecule has 1 amide bonds. The van der Waals surface area contributed by atoms with E-state index in [1.165, 1.54) is 11.4 Å². The van der Waals surface area contributed by atoms with E-state index in [-0.39, 0.29) is 15.3 Å². The molecule has 0 aliphatic carbocycles. The van der Waals surface area contributed by atoms with E-state index in [9.17, 15) is 23.1 Å². The van der Waals surface area contributed by atoms with Crippen LogP contribution >= 0.6 is 23.1 Å². The second-order valence-electron chi connectivity index (χ2n) is 7.33. The molecule has 0 spiro atoms. The molecule has 2 aromatic carbocycles. The van der Waals surface area contributed by atoms with Gasteiger partial charge in [-0.05, 0) is 67.1 Å². The van der Waals surface area contributed by atoms with Crippen molar-refractivity contribution in [3.63, 3.8) is 0 Å². The molecule has 0 unspecified atom stereocenters. The number of nitrogens with one attached hydrogen (secondary N) is 2. The SMILES string of the molecule is Cc1cc(C)c(C(=O)O)c(C)c1NC(=O)c1sccc1S(=O)(=O)Nc1ccc2nsnc2c1. The molecule has 9 nitrogen and oxygen atoms in total. The first-order valence-electron chi connectivity index (χ1n) is 9.56. The molecule has 0 saturated heterocycles. The summed E-state index contributed by atoms with van der Waals surface area (Å²) in [6.07, 6.45) is 0. The van der Waals surface area contributed by atoms with Crippen molar-refractivity contribution in [3.05, 3.63) is 62.8 Å². The number of thiophene rings is 1. The number of amides is 1. The van der Waals surface area contributed by atoms with Gasteiger partial charge in [0, 0.05) is 5.69 Å². The van der Waals surface area contributed by atoms with Crippen LogP contribution in [0.5, 0.6) is 0 Å². The van der Waals surface area contributed by atoms with Crippen molar-refractivity contribution >= 4 is 67.4 Å². The van der Waals surface area contributed by atoms with Crippen LogP contribution in [0, 0.1) is 20.8 Å². The van der Waals surface area contributed by atoms with E-state index in [2.05, 4.69) is 18.8 Å². The lowest BCUT2D eigenvalue weighted by Crippen LogP contribution is -2.20. The number of aryl methyl sites for hydroxylation is 2. The summed E-state index contributed by atoms with van der Waals surface area (Å²) in [5.74, 6) is -1.74. The van der Waals surface area contributed by atoms with Crippen molar-refractivity contribution < 1.29 is 23.1 Å². The summed E-state index contributed by atoms with van der Waals surface area (Å²) in [5.41, 5.74) is 3.60. The maximum atomic E-state index is 13.0. The van der Waals surface area contributed by atoms with Crippen molar-refractivity contribution in [2.45, 2.75) is 25.7 Å². The van der Waals surface area contributed by atoms with Crippen LogP contribution in [0.1, 0.15) is 36.7 Å². The number of carboxylic acid groups (broad SMARTS) is 1. The number of carbonyl (C=O) groups excluding carboxylic acids is 1. The van der Waals surface area contributed by atoms with Gasteiger partial charge in [0.1, 0.15) is 20.8 Å². The number of rotatable bonds is 6. The monoisotopic (exact) mass is 502 g/mol. The Labute approximate surface area is 197 Å². The van der Waals surface area contributed by atoms with Gasteiger partial charge in [-0.3, -0.25) is 9.52 Å². The number of hydrogen-bond acceptors (Lipinski definition) is 8. The highest BCUT2D eigenvalue weighted by atomic mass is 32.2. The average molecular weight is 503 g/mol. The van der Waals surface area contributed by atoms with Crippen LogP contribution in [0.4, 0.5) is 11.4 Å². The van der Waals surface area contributed by atoms with Gasteiger partial charge in [0.05, 0.1) is 23.0 Å². The van der Waals surface area contributed by atoms with Gasteiger partial charge in [0.25, 0.3) is 15.9 Å². The Balaban J connectivity index is 1.65. The summed E-state index contributed by atoms with van der Waals surface area (Å²) in [5, 5.41) is 13.7. The Morgan fingerprint density at radius 1 is 1.00 bits per heavy atom. The van der Waals surface area contributed by atoms with Gasteiger partial charge in [-0.15, -0.1) is 11.3 Å². The van der Waals surface area contributed by atoms with Gasteiger partial charge in [0.2, 0.25) is 0 Å². The van der Waals surface area contributed by atoms with Crippen LogP contribution in [0.2, 0.25) is 0 Å². The highest BCUT2D eigenvalue weighted by Gasteiger charge is 2.26. The number of carboxylic acids is 1. The topological polar surface area (TPSA) is 138 Å². The third kappa shape index (κ3) is 4.32. The summed E-state index contributed by atoms with van der Waals surface area (Å²) < 4.78 is 36.7. The lowest BCUT2D eigenvalue weighted by atomic mass is 9.97. The number of anilines is 2. The highest BCUT2D eigenvalue weighted by Crippen LogP contribution is 2.30. The largest absolute Gasteiger partial charge is 0.478 e. The van der Waals surface area contributed by atoms with Crippen LogP contribution in [0.25, 0.3) is 11.0 Å². The highest BCUT2D eigenvalue weighted by molar-refractivity contribution is 7.93. The summed E-state index contributed by atoms with van der Waals surface area (Å²) in [4.78, 5) is 24.5. The number of aromatic carboxylic acids is 1. The zero-order chi connectivity index (χ0) is 23.9. The molecule has 2 aromatic heterocycles. The smallest absolute Gasteiger partial charge is 0.336 e. The Hall–Kier alpha value is -3.35. The van der Waals surface area contributed by atoms with E-state index in [0.717, 1.165) is 23.1 Å². The van der Waals surface area contributed by atoms with E-state index in [0.29, 0.717) is 39.1 Å². The van der Waals surface area contributed by atoms with E-state index < -0.39 is 21.9 Å². The lowest BCUT2D eigenvalue weighted by Gasteiger charge is -2.16. The number of hydrogen-bond donors (Lipinski definition) is 3. The third-order valence-corrected chi connectivity index (χ3v) is 8.08. The Bertz CT molecular complexity index is 1520. The molecule has 0 bridgehead atoms. The molecule has 0 atom stereocenters. The fourth-order valence-corrected chi connectivity index (χ4v) is 6.50. The van der Waals surface area contributed by atoms with Crippen molar-refractivity contribution in [2.24, 2.45) is 0 Å². The molecule has 2 heterocycles. The minimum absolute atomic E-state index is 0.0184. The molecule has 33 heavy (non-hydrogen) atoms. The number of fused-ring (bicyclic) bond motifs is 1. The van der Waals surface area contributed by atoms with Gasteiger partial charge < -0.3 is 10.4 Å². The fraction of sp³-hybridized carbons (Fsp3) is 0.143. The first-order chi connectivity index (χ1) is 15.6. The number of sulfonamides is 1. The third-order valence-electron chi connectivity index (χ3n) is 5.05. The summed E-state index contributed by atoms with van der Waals surface area (Å²) in [7, 11) is -4.08. The zero-order valence-corrected chi connectivity index (χ0v) is 20.1. The van der Waals surface area contributed by atoms with Gasteiger partial charge in [0.15, 0.2) is 0 Å². The average Bonchev–Trinajstić information content (AvgIpc) is 3.39. The zero-order valence-electron chi connectivity index (χ0n) is 17.7. The Morgan fingerprint density at radius 3 is 2.45 bits per heavy atom. The quantitative estimate of drug-likeness (QED) is 0.354. The molecule has 0 fully saturated rings. The number of carbonyl (C=O) groups is 2. The Kier molecular flexibility index (Phi) is 5.91. The van der Waals surface area contributed by atoms with Gasteiger partial charge in [-0.25, -0.2) is 13.2 Å². The van der Waals surface area contributed by atoms with Crippen LogP contribution in [0.3, 0.4) is 0 Å². The maximum Gasteiger partial charge on any atom is 0.336 e. The second-order valence-corrected chi connectivity index (χ2v) is 10.4. The minimum atomic E-state index is -4.08. The Morgan fingerprint density at radius 2 is 1.73 bits per heavy atom. The van der Waals surface area contributed by atoms with Gasteiger partial charge >= 0.3 is 5.97 Å². The van der Waals surface area contributed by atoms with E-state index in [1.54, 1.807) is 45.0 Å². The van der Waals surface area contributed by atoms with Crippen molar-refractivity contribution in [1.29, 1.82) is 0 Å². The lowest BCUT2D eigenvalue weighted by molar-refractivity contribution is 0.0695. The molecule has 170 valence electrons. The van der Waals surface area contributed by atoms with Crippen LogP contribution in [0.15, 0.2) is 40.6 Å². The standard InChI is InChI=1S/C21H18N4O5S3/c1-10-8-11(2)18(12(3)17(10)21(27)28)22-20(26)19-16(6-7-31-19)33(29,30)25-13-4-5-14-15(9-13)24-32-23-14/h4-9,25H,1-3H3,(H,22,26)(H,27,28). The van der Waals surface area contributed by atoms with Crippen molar-refractivity contribution in [1.82, 2.24) is 8.75 Å². The number of benzene rings is 2. The molecule has 0 aliphatic heterocycles. The first-order valence-corrected chi connectivity index (χ1v) is 12.7. The normalized spacial score (nSPS) is 11.5.